The van der Waals surface area contributed by atoms with Crippen molar-refractivity contribution in [3.05, 3.63) is 71.7 Å². The number of hydrogen-bond acceptors (Lipinski definition) is 4. The van der Waals surface area contributed by atoms with Crippen LogP contribution in [0.3, 0.4) is 0 Å². The zero-order valence-corrected chi connectivity index (χ0v) is 19.0. The van der Waals surface area contributed by atoms with Gasteiger partial charge in [0.2, 0.25) is 0 Å². The highest BCUT2D eigenvalue weighted by molar-refractivity contribution is 7.73. The minimum atomic E-state index is -3.26. The molecule has 0 unspecified atom stereocenters. The van der Waals surface area contributed by atoms with Crippen molar-refractivity contribution in [1.82, 2.24) is 4.90 Å². The van der Waals surface area contributed by atoms with Gasteiger partial charge in [-0.05, 0) is 42.5 Å². The van der Waals surface area contributed by atoms with E-state index in [1.165, 1.54) is 0 Å². The van der Waals surface area contributed by atoms with Gasteiger partial charge in [0.05, 0.1) is 29.9 Å². The van der Waals surface area contributed by atoms with Gasteiger partial charge in [-0.2, -0.15) is 9.88 Å². The minimum absolute atomic E-state index is 0.0558. The number of anilines is 2. The molecule has 7 heteroatoms. The van der Waals surface area contributed by atoms with Crippen LogP contribution in [0, 0.1) is 5.41 Å². The predicted molar refractivity (Wildman–Crippen MR) is 126 cm³/mol. The molecular weight excluding hydrogens is 407 g/mol. The molecule has 2 aromatic rings. The maximum Gasteiger partial charge on any atom is 0.313 e. The summed E-state index contributed by atoms with van der Waals surface area (Å²) in [5.41, 5.74) is 3.82. The number of rotatable bonds is 4. The number of hydrazone groups is 1. The summed E-state index contributed by atoms with van der Waals surface area (Å²) >= 11 is 0. The maximum atomic E-state index is 14.9. The quantitative estimate of drug-likeness (QED) is 0.639. The van der Waals surface area contributed by atoms with Crippen molar-refractivity contribution < 1.29 is 9.30 Å². The Morgan fingerprint density at radius 1 is 0.968 bits per heavy atom. The van der Waals surface area contributed by atoms with Crippen molar-refractivity contribution in [1.29, 1.82) is 0 Å². The van der Waals surface area contributed by atoms with Crippen LogP contribution in [0.15, 0.2) is 76.8 Å². The van der Waals surface area contributed by atoms with Gasteiger partial charge in [-0.15, -0.1) is 0 Å². The van der Waals surface area contributed by atoms with E-state index >= 15 is 0 Å². The molecule has 5 rings (SSSR count). The van der Waals surface area contributed by atoms with E-state index in [9.17, 15) is 4.57 Å². The fourth-order valence-corrected chi connectivity index (χ4v) is 7.31. The Hall–Kier alpha value is -2.56. The van der Waals surface area contributed by atoms with E-state index in [1.807, 2.05) is 60.7 Å². The molecule has 1 N–H and O–H groups in total. The molecule has 0 aromatic heterocycles. The molecule has 6 nitrogen and oxygen atoms in total. The molecule has 3 aliphatic rings. The number of allylic oxidation sites excluding steroid dienone is 2. The van der Waals surface area contributed by atoms with Crippen molar-refractivity contribution >= 4 is 24.5 Å². The monoisotopic (exact) mass is 436 g/mol. The Morgan fingerprint density at radius 3 is 2.29 bits per heavy atom. The van der Waals surface area contributed by atoms with Crippen LogP contribution in [0.1, 0.15) is 26.7 Å². The summed E-state index contributed by atoms with van der Waals surface area (Å²) in [5.74, 6) is 0. The summed E-state index contributed by atoms with van der Waals surface area (Å²) < 4.78 is 22.3. The Labute approximate surface area is 184 Å². The average molecular weight is 436 g/mol. The smallest absolute Gasteiger partial charge is 0.313 e. The second-order valence-electron chi connectivity index (χ2n) is 9.14. The van der Waals surface area contributed by atoms with E-state index in [0.29, 0.717) is 13.2 Å². The molecule has 2 aliphatic heterocycles. The van der Waals surface area contributed by atoms with E-state index in [1.54, 1.807) is 4.78 Å². The van der Waals surface area contributed by atoms with Crippen LogP contribution in [0.5, 0.6) is 0 Å². The predicted octanol–water partition coefficient (Wildman–Crippen LogP) is 5.53. The summed E-state index contributed by atoms with van der Waals surface area (Å²) in [7, 11) is -3.26. The van der Waals surface area contributed by atoms with Crippen LogP contribution in [0.2, 0.25) is 0 Å². The van der Waals surface area contributed by atoms with Crippen LogP contribution in [-0.4, -0.2) is 36.9 Å². The lowest BCUT2D eigenvalue weighted by Crippen LogP contribution is -2.40. The number of nitrogens with one attached hydrogen (secondary N) is 1. The molecule has 0 radical (unpaired) electrons. The van der Waals surface area contributed by atoms with Crippen LogP contribution in [-0.2, 0) is 9.30 Å². The van der Waals surface area contributed by atoms with Gasteiger partial charge in [0.1, 0.15) is 0 Å². The van der Waals surface area contributed by atoms with Gasteiger partial charge in [0.15, 0.2) is 0 Å². The lowest BCUT2D eigenvalue weighted by atomic mass is 9.78. The second-order valence-corrected chi connectivity index (χ2v) is 11.3. The van der Waals surface area contributed by atoms with Gasteiger partial charge < -0.3 is 14.7 Å². The van der Waals surface area contributed by atoms with Crippen LogP contribution in [0.25, 0.3) is 0 Å². The fraction of sp³-hybridized carbons (Fsp3) is 0.375. The Morgan fingerprint density at radius 2 is 1.61 bits per heavy atom. The topological polar surface area (TPSA) is 57.2 Å². The first-order valence-corrected chi connectivity index (χ1v) is 12.6. The van der Waals surface area contributed by atoms with Crippen molar-refractivity contribution in [2.24, 2.45) is 10.5 Å². The molecule has 0 saturated carbocycles. The molecule has 31 heavy (non-hydrogen) atoms. The summed E-state index contributed by atoms with van der Waals surface area (Å²) in [4.78, 5) is 2.36. The highest BCUT2D eigenvalue weighted by atomic mass is 31.2. The average Bonchev–Trinajstić information content (AvgIpc) is 3.06. The van der Waals surface area contributed by atoms with Crippen molar-refractivity contribution in [3.8, 4) is 0 Å². The van der Waals surface area contributed by atoms with Gasteiger partial charge in [-0.25, -0.2) is 0 Å². The minimum Gasteiger partial charge on any atom is -0.378 e. The summed E-state index contributed by atoms with van der Waals surface area (Å²) in [6, 6.07) is 19.6. The number of fused-ring (bicyclic) bond motifs is 1. The maximum absolute atomic E-state index is 14.9. The zero-order chi connectivity index (χ0) is 21.5. The van der Waals surface area contributed by atoms with E-state index in [2.05, 4.69) is 23.8 Å². The van der Waals surface area contributed by atoms with Gasteiger partial charge in [-0.1, -0.05) is 50.2 Å². The first kappa shape index (κ1) is 20.3. The highest BCUT2D eigenvalue weighted by Gasteiger charge is 2.50. The molecule has 162 valence electrons. The van der Waals surface area contributed by atoms with Crippen LogP contribution in [0.4, 0.5) is 11.4 Å². The van der Waals surface area contributed by atoms with Crippen molar-refractivity contribution in [2.75, 3.05) is 36.2 Å². The molecule has 0 bridgehead atoms. The molecule has 0 amide bonds. The number of morpholine rings is 1. The van der Waals surface area contributed by atoms with E-state index < -0.39 is 7.44 Å². The summed E-state index contributed by atoms with van der Waals surface area (Å²) in [6.45, 7) is 7.57. The molecule has 1 saturated heterocycles. The molecule has 2 heterocycles. The number of ether oxygens (including phenoxy) is 1. The van der Waals surface area contributed by atoms with E-state index in [-0.39, 0.29) is 5.41 Å². The zero-order valence-electron chi connectivity index (χ0n) is 18.1. The van der Waals surface area contributed by atoms with Crippen LogP contribution >= 0.6 is 7.44 Å². The molecule has 1 aliphatic carbocycles. The van der Waals surface area contributed by atoms with Gasteiger partial charge in [0, 0.05) is 24.5 Å². The Bertz CT molecular complexity index is 1060. The standard InChI is InChI=1S/C24H29N4O2P/c1-24(2)17-21-23(22(18-24)27-13-15-30-16-14-27)31(29,26-19-9-5-3-6-10-19)28(25-21)20-11-7-4-8-12-20/h3-12H,13-18H2,1-2H3,(H,26,29)/t31-/m1/s1. The first-order valence-electron chi connectivity index (χ1n) is 10.9. The number of hydrogen-bond donors (Lipinski definition) is 1. The second kappa shape index (κ2) is 7.85. The number of para-hydroxylation sites is 2. The normalized spacial score (nSPS) is 25.3. The third-order valence-electron chi connectivity index (χ3n) is 6.06. The van der Waals surface area contributed by atoms with Gasteiger partial charge in [0.25, 0.3) is 0 Å². The Kier molecular flexibility index (Phi) is 5.15. The van der Waals surface area contributed by atoms with Crippen LogP contribution < -0.4 is 9.87 Å². The van der Waals surface area contributed by atoms with Gasteiger partial charge >= 0.3 is 7.44 Å². The lowest BCUT2D eigenvalue weighted by molar-refractivity contribution is 0.0489. The third-order valence-corrected chi connectivity index (χ3v) is 8.60. The summed E-state index contributed by atoms with van der Waals surface area (Å²) in [5, 5.41) is 9.28. The fourth-order valence-electron chi connectivity index (χ4n) is 4.68. The highest BCUT2D eigenvalue weighted by Crippen LogP contribution is 2.66. The SMILES string of the molecule is CC1(C)CC2=NN(c3ccccc3)[P@](=O)(Nc3ccccc3)C2=C(N2CCOCC2)C1. The third kappa shape index (κ3) is 3.79. The molecule has 0 spiro atoms. The number of benzene rings is 2. The lowest BCUT2D eigenvalue weighted by Gasteiger charge is -2.40. The number of nitrogens with zero attached hydrogens (tertiary/aromatic N) is 3. The molecule has 1 atom stereocenters. The summed E-state index contributed by atoms with van der Waals surface area (Å²) in [6.07, 6.45) is 1.68. The van der Waals surface area contributed by atoms with Gasteiger partial charge in [-0.3, -0.25) is 4.57 Å². The van der Waals surface area contributed by atoms with E-state index in [0.717, 1.165) is 54.0 Å². The molecule has 2 aromatic carbocycles. The van der Waals surface area contributed by atoms with Crippen molar-refractivity contribution in [2.45, 2.75) is 26.7 Å². The molecule has 1 fully saturated rings. The van der Waals surface area contributed by atoms with Crippen molar-refractivity contribution in [3.63, 3.8) is 0 Å². The largest absolute Gasteiger partial charge is 0.378 e. The first-order chi connectivity index (χ1) is 15.0. The molecular formula is C24H29N4O2P. The Balaban J connectivity index is 1.68. The van der Waals surface area contributed by atoms with E-state index in [4.69, 9.17) is 9.84 Å².